The zero-order chi connectivity index (χ0) is 45.2. The first-order valence-electron chi connectivity index (χ1n) is 23.4. The van der Waals surface area contributed by atoms with E-state index < -0.39 is 0 Å². The van der Waals surface area contributed by atoms with Gasteiger partial charge >= 0.3 is 0 Å². The summed E-state index contributed by atoms with van der Waals surface area (Å²) in [5.74, 6) is 0. The zero-order valence-electron chi connectivity index (χ0n) is 38.8. The number of hydrogen-bond donors (Lipinski definition) is 0. The molecule has 6 heterocycles. The van der Waals surface area contributed by atoms with Crippen LogP contribution in [-0.4, -0.2) is 13.5 Å². The van der Waals surface area contributed by atoms with E-state index in [2.05, 4.69) is 234 Å². The van der Waals surface area contributed by atoms with Crippen molar-refractivity contribution in [3.05, 3.63) is 203 Å². The molecule has 13 aromatic rings. The highest BCUT2D eigenvalue weighted by molar-refractivity contribution is 7.26. The fourth-order valence-corrected chi connectivity index (χ4v) is 12.8. The van der Waals surface area contributed by atoms with Gasteiger partial charge in [0.2, 0.25) is 0 Å². The Bertz CT molecular complexity index is 4190. The monoisotopic (exact) mass is 887 g/mol. The number of imidazole rings is 2. The van der Waals surface area contributed by atoms with Gasteiger partial charge in [-0.25, -0.2) is 9.13 Å². The molecule has 6 nitrogen and oxygen atoms in total. The van der Waals surface area contributed by atoms with Crippen LogP contribution in [0.1, 0.15) is 38.9 Å². The molecule has 7 heteroatoms. The van der Waals surface area contributed by atoms with Gasteiger partial charge in [-0.1, -0.05) is 97.1 Å². The minimum absolute atomic E-state index is 0.822. The van der Waals surface area contributed by atoms with E-state index in [1.165, 1.54) is 131 Å². The van der Waals surface area contributed by atoms with Crippen molar-refractivity contribution in [3.63, 3.8) is 0 Å². The molecule has 0 N–H and O–H groups in total. The van der Waals surface area contributed by atoms with E-state index in [1.807, 2.05) is 11.3 Å². The van der Waals surface area contributed by atoms with E-state index in [4.69, 9.17) is 0 Å². The number of aromatic nitrogens is 6. The van der Waals surface area contributed by atoms with E-state index in [-0.39, 0.29) is 0 Å². The van der Waals surface area contributed by atoms with Crippen molar-refractivity contribution in [2.24, 2.45) is 21.1 Å². The van der Waals surface area contributed by atoms with E-state index in [9.17, 15) is 0 Å². The molecule has 0 saturated carbocycles. The molecule has 0 saturated heterocycles. The number of aryl methyl sites for hydroxylation is 8. The largest absolute Gasteiger partial charge is 0.295 e. The molecule has 67 heavy (non-hydrogen) atoms. The van der Waals surface area contributed by atoms with Gasteiger partial charge in [-0.05, 0) is 109 Å². The van der Waals surface area contributed by atoms with Crippen LogP contribution in [-0.2, 0) is 40.4 Å². The first kappa shape index (κ1) is 39.7. The molecule has 0 aliphatic rings. The van der Waals surface area contributed by atoms with Crippen molar-refractivity contribution in [2.45, 2.75) is 40.0 Å². The van der Waals surface area contributed by atoms with Crippen LogP contribution in [0.25, 0.3) is 91.8 Å². The fraction of sp³-hybridized carbons (Fsp3) is 0.150. The van der Waals surface area contributed by atoms with Gasteiger partial charge in [-0.3, -0.25) is 0 Å². The molecule has 324 valence electrons. The third-order valence-corrected chi connectivity index (χ3v) is 15.9. The predicted octanol–water partition coefficient (Wildman–Crippen LogP) is 12.4. The molecule has 7 aromatic carbocycles. The van der Waals surface area contributed by atoms with E-state index in [0.29, 0.717) is 0 Å². The van der Waals surface area contributed by atoms with E-state index >= 15 is 0 Å². The number of fused-ring (bicyclic) bond motifs is 15. The smallest absolute Gasteiger partial charge is 0.232 e. The number of benzene rings is 7. The van der Waals surface area contributed by atoms with Crippen LogP contribution in [0.2, 0.25) is 0 Å². The average molecular weight is 888 g/mol. The second-order valence-corrected chi connectivity index (χ2v) is 19.9. The van der Waals surface area contributed by atoms with Crippen molar-refractivity contribution in [1.29, 1.82) is 0 Å². The Balaban J connectivity index is 0.910. The van der Waals surface area contributed by atoms with Crippen LogP contribution in [0, 0.1) is 20.8 Å². The van der Waals surface area contributed by atoms with Crippen LogP contribution in [0.15, 0.2) is 164 Å². The SMILES string of the molecule is Cc1cccc(C)c1-c1c[n+](C)c2c3c(C)cccc3c3cc(CCc4cccc5c6ccc(Cc7ccc8c(sc9ccccc98)c7-n7ccc[n+]7C)cc6n6cc[n+](C)c6c45)ccc3n12. The van der Waals surface area contributed by atoms with Crippen LogP contribution >= 0.6 is 11.3 Å². The first-order chi connectivity index (χ1) is 32.7. The highest BCUT2D eigenvalue weighted by Gasteiger charge is 2.27. The van der Waals surface area contributed by atoms with Crippen molar-refractivity contribution in [2.75, 3.05) is 0 Å². The summed E-state index contributed by atoms with van der Waals surface area (Å²) in [4.78, 5) is 0. The number of rotatable bonds is 7. The number of nitrogens with zero attached hydrogens (tertiary/aromatic N) is 6. The van der Waals surface area contributed by atoms with Gasteiger partial charge in [0.15, 0.2) is 18.9 Å². The van der Waals surface area contributed by atoms with Crippen molar-refractivity contribution < 1.29 is 13.8 Å². The lowest BCUT2D eigenvalue weighted by molar-refractivity contribution is -0.744. The molecule has 0 atom stereocenters. The molecule has 0 fully saturated rings. The minimum atomic E-state index is 0.822. The van der Waals surface area contributed by atoms with Crippen LogP contribution in [0.4, 0.5) is 0 Å². The van der Waals surface area contributed by atoms with Crippen LogP contribution in [0.5, 0.6) is 0 Å². The molecule has 0 radical (unpaired) electrons. The van der Waals surface area contributed by atoms with Crippen LogP contribution in [0.3, 0.4) is 0 Å². The second kappa shape index (κ2) is 15.0. The number of hydrogen-bond acceptors (Lipinski definition) is 1. The summed E-state index contributed by atoms with van der Waals surface area (Å²) in [6.07, 6.45) is 13.8. The topological polar surface area (TPSA) is 25.4 Å². The molecular weight excluding hydrogens is 837 g/mol. The van der Waals surface area contributed by atoms with Gasteiger partial charge in [0.1, 0.15) is 35.3 Å². The Labute approximate surface area is 393 Å². The molecule has 6 aromatic heterocycles. The summed E-state index contributed by atoms with van der Waals surface area (Å²) in [6, 6.07) is 50.3. The Hall–Kier alpha value is -7.61. The standard InChI is InChI=1S/C60H51N6S/c1-37-13-9-14-38(2)54(37)52-36-62(5)60-55-39(3)15-10-18-47(55)49-34-40(23-28-50(49)66(52)60)21-24-42-16-11-19-46-44-26-22-41(35-51(44)64-32-31-61(4)59(64)56(42)46)33-43-25-27-48-45-17-7-8-20-53(45)67-58(48)57(43)65-30-12-29-63(65)6/h7-20,22-23,25-32,34-36H,21,24,33H2,1-6H3/q+3. The molecule has 0 bridgehead atoms. The van der Waals surface area contributed by atoms with Crippen LogP contribution < -0.4 is 13.8 Å². The molecule has 0 spiro atoms. The third kappa shape index (κ3) is 5.97. The summed E-state index contributed by atoms with van der Waals surface area (Å²) in [6.45, 7) is 6.72. The maximum absolute atomic E-state index is 2.51. The van der Waals surface area contributed by atoms with Gasteiger partial charge in [0, 0.05) is 48.6 Å². The Morgan fingerprint density at radius 3 is 2.10 bits per heavy atom. The molecule has 0 unspecified atom stereocenters. The van der Waals surface area contributed by atoms with Gasteiger partial charge in [-0.15, -0.1) is 20.7 Å². The quantitative estimate of drug-likeness (QED) is 0.113. The molecule has 0 amide bonds. The third-order valence-electron chi connectivity index (χ3n) is 14.7. The summed E-state index contributed by atoms with van der Waals surface area (Å²) < 4.78 is 16.7. The van der Waals surface area contributed by atoms with Crippen molar-refractivity contribution >= 4 is 86.2 Å². The Kier molecular flexibility index (Phi) is 8.87. The lowest BCUT2D eigenvalue weighted by atomic mass is 9.94. The normalized spacial score (nSPS) is 12.2. The van der Waals surface area contributed by atoms with E-state index in [1.54, 1.807) is 0 Å². The maximum atomic E-state index is 2.51. The Morgan fingerprint density at radius 2 is 1.27 bits per heavy atom. The van der Waals surface area contributed by atoms with Crippen molar-refractivity contribution in [1.82, 2.24) is 13.5 Å². The van der Waals surface area contributed by atoms with Gasteiger partial charge in [0.25, 0.3) is 11.3 Å². The lowest BCUT2D eigenvalue weighted by Gasteiger charge is -2.13. The lowest BCUT2D eigenvalue weighted by Crippen LogP contribution is -2.37. The van der Waals surface area contributed by atoms with Crippen molar-refractivity contribution in [3.8, 4) is 16.9 Å². The number of pyridine rings is 2. The predicted molar refractivity (Wildman–Crippen MR) is 277 cm³/mol. The minimum Gasteiger partial charge on any atom is -0.232 e. The molecule has 13 rings (SSSR count). The highest BCUT2D eigenvalue weighted by Crippen LogP contribution is 2.41. The molecule has 0 aliphatic carbocycles. The summed E-state index contributed by atoms with van der Waals surface area (Å²) in [5, 5.41) is 10.5. The van der Waals surface area contributed by atoms with Gasteiger partial charge in [0.05, 0.1) is 35.8 Å². The van der Waals surface area contributed by atoms with E-state index in [0.717, 1.165) is 19.3 Å². The molecule has 0 aliphatic heterocycles. The Morgan fingerprint density at radius 1 is 0.522 bits per heavy atom. The maximum Gasteiger partial charge on any atom is 0.295 e. The van der Waals surface area contributed by atoms with Gasteiger partial charge in [-0.2, -0.15) is 8.80 Å². The average Bonchev–Trinajstić information content (AvgIpc) is 4.12. The summed E-state index contributed by atoms with van der Waals surface area (Å²) in [7, 11) is 6.51. The van der Waals surface area contributed by atoms with Gasteiger partial charge < -0.3 is 0 Å². The summed E-state index contributed by atoms with van der Waals surface area (Å²) >= 11 is 1.89. The number of thiophene rings is 1. The second-order valence-electron chi connectivity index (χ2n) is 18.8. The highest BCUT2D eigenvalue weighted by atomic mass is 32.1. The zero-order valence-corrected chi connectivity index (χ0v) is 39.6. The first-order valence-corrected chi connectivity index (χ1v) is 24.2. The fourth-order valence-electron chi connectivity index (χ4n) is 11.6. The molecular formula is C60H51N6S+3. The summed E-state index contributed by atoms with van der Waals surface area (Å²) in [5.41, 5.74) is 17.9.